The third-order valence-electron chi connectivity index (χ3n) is 6.71. The van der Waals surface area contributed by atoms with Gasteiger partial charge >= 0.3 is 0 Å². The maximum Gasteiger partial charge on any atom is 0.254 e. The Morgan fingerprint density at radius 3 is 2.39 bits per heavy atom. The second-order valence-electron chi connectivity index (χ2n) is 8.29. The first-order valence-electron chi connectivity index (χ1n) is 9.99. The molecule has 0 radical (unpaired) electrons. The fourth-order valence-electron chi connectivity index (χ4n) is 5.27. The Kier molecular flexibility index (Phi) is 4.00. The number of rotatable bonds is 2. The molecule has 0 aliphatic carbocycles. The second kappa shape index (κ2) is 6.43. The fourth-order valence-corrected chi connectivity index (χ4v) is 5.27. The van der Waals surface area contributed by atoms with Gasteiger partial charge in [0.2, 0.25) is 5.91 Å². The Morgan fingerprint density at radius 1 is 1.04 bits per heavy atom. The minimum absolute atomic E-state index is 0.0692. The Bertz CT molecular complexity index is 942. The summed E-state index contributed by atoms with van der Waals surface area (Å²) >= 11 is 0. The standard InChI is InChI=1S/C23H23FN2O2/c1-25-21-9-4-15(10-17(21)13-22(25)27)23(28)26-19-7-8-20(26)12-16(11-19)14-2-5-18(24)6-3-14/h2-6,9-10,16,19-20H,7-8,11-13H2,1H3/t16?,19-,20+. The zero-order chi connectivity index (χ0) is 19.4. The van der Waals surface area contributed by atoms with Crippen LogP contribution < -0.4 is 4.90 Å². The Morgan fingerprint density at radius 2 is 1.71 bits per heavy atom. The van der Waals surface area contributed by atoms with Crippen LogP contribution in [0.4, 0.5) is 10.1 Å². The van der Waals surface area contributed by atoms with Crippen molar-refractivity contribution in [1.82, 2.24) is 4.90 Å². The summed E-state index contributed by atoms with van der Waals surface area (Å²) in [6.45, 7) is 0. The van der Waals surface area contributed by atoms with E-state index >= 15 is 0 Å². The normalized spacial score (nSPS) is 25.9. The van der Waals surface area contributed by atoms with Crippen molar-refractivity contribution in [3.05, 3.63) is 65.0 Å². The first-order chi connectivity index (χ1) is 13.5. The SMILES string of the molecule is CN1C(=O)Cc2cc(C(=O)N3[C@@H]4CC[C@H]3CC(c3ccc(F)cc3)C4)ccc21. The highest BCUT2D eigenvalue weighted by molar-refractivity contribution is 6.03. The number of hydrogen-bond acceptors (Lipinski definition) is 2. The highest BCUT2D eigenvalue weighted by Crippen LogP contribution is 2.44. The van der Waals surface area contributed by atoms with Gasteiger partial charge in [-0.3, -0.25) is 9.59 Å². The van der Waals surface area contributed by atoms with Crippen molar-refractivity contribution in [2.24, 2.45) is 0 Å². The van der Waals surface area contributed by atoms with Crippen LogP contribution in [0.2, 0.25) is 0 Å². The minimum Gasteiger partial charge on any atom is -0.333 e. The van der Waals surface area contributed by atoms with Crippen LogP contribution in [-0.2, 0) is 11.2 Å². The Hall–Kier alpha value is -2.69. The van der Waals surface area contributed by atoms with E-state index in [0.29, 0.717) is 17.9 Å². The van der Waals surface area contributed by atoms with Gasteiger partial charge in [0.05, 0.1) is 6.42 Å². The highest BCUT2D eigenvalue weighted by Gasteiger charge is 2.43. The van der Waals surface area contributed by atoms with E-state index in [2.05, 4.69) is 4.90 Å². The molecule has 4 nitrogen and oxygen atoms in total. The average molecular weight is 378 g/mol. The number of carbonyl (C=O) groups excluding carboxylic acids is 2. The molecule has 2 fully saturated rings. The molecule has 0 N–H and O–H groups in total. The summed E-state index contributed by atoms with van der Waals surface area (Å²) in [5, 5.41) is 0. The lowest BCUT2D eigenvalue weighted by Gasteiger charge is -2.39. The van der Waals surface area contributed by atoms with Crippen molar-refractivity contribution in [3.8, 4) is 0 Å². The lowest BCUT2D eigenvalue weighted by atomic mass is 9.84. The molecule has 5 rings (SSSR count). The van der Waals surface area contributed by atoms with Crippen molar-refractivity contribution in [2.75, 3.05) is 11.9 Å². The second-order valence-corrected chi connectivity index (χ2v) is 8.29. The number of nitrogens with zero attached hydrogens (tertiary/aromatic N) is 2. The van der Waals surface area contributed by atoms with Gasteiger partial charge in [-0.2, -0.15) is 0 Å². The van der Waals surface area contributed by atoms with Crippen molar-refractivity contribution < 1.29 is 14.0 Å². The smallest absolute Gasteiger partial charge is 0.254 e. The zero-order valence-electron chi connectivity index (χ0n) is 15.9. The summed E-state index contributed by atoms with van der Waals surface area (Å²) in [4.78, 5) is 28.9. The quantitative estimate of drug-likeness (QED) is 0.795. The van der Waals surface area contributed by atoms with Crippen LogP contribution in [-0.4, -0.2) is 35.8 Å². The van der Waals surface area contributed by atoms with Gasteiger partial charge in [0.25, 0.3) is 5.91 Å². The van der Waals surface area contributed by atoms with Crippen LogP contribution in [0, 0.1) is 5.82 Å². The molecule has 0 saturated carbocycles. The molecule has 3 atom stereocenters. The maximum absolute atomic E-state index is 13.3. The number of benzene rings is 2. The summed E-state index contributed by atoms with van der Waals surface area (Å²) in [5.41, 5.74) is 3.69. The van der Waals surface area contributed by atoms with E-state index in [4.69, 9.17) is 0 Å². The molecule has 3 heterocycles. The summed E-state index contributed by atoms with van der Waals surface area (Å²) in [5.74, 6) is 0.322. The molecule has 144 valence electrons. The van der Waals surface area contributed by atoms with Crippen molar-refractivity contribution in [3.63, 3.8) is 0 Å². The number of carbonyl (C=O) groups is 2. The molecule has 2 aromatic carbocycles. The number of amides is 2. The lowest BCUT2D eigenvalue weighted by molar-refractivity contribution is -0.117. The summed E-state index contributed by atoms with van der Waals surface area (Å²) in [7, 11) is 1.77. The third kappa shape index (κ3) is 2.72. The molecule has 0 spiro atoms. The number of halogens is 1. The topological polar surface area (TPSA) is 40.6 Å². The minimum atomic E-state index is -0.208. The van der Waals surface area contributed by atoms with Gasteiger partial charge in [-0.15, -0.1) is 0 Å². The van der Waals surface area contributed by atoms with Crippen LogP contribution in [0.5, 0.6) is 0 Å². The fraction of sp³-hybridized carbons (Fsp3) is 0.391. The van der Waals surface area contributed by atoms with Gasteiger partial charge < -0.3 is 9.80 Å². The van der Waals surface area contributed by atoms with Crippen LogP contribution in [0.1, 0.15) is 53.1 Å². The average Bonchev–Trinajstić information content (AvgIpc) is 3.13. The lowest BCUT2D eigenvalue weighted by Crippen LogP contribution is -2.46. The largest absolute Gasteiger partial charge is 0.333 e. The van der Waals surface area contributed by atoms with Gasteiger partial charge in [-0.25, -0.2) is 4.39 Å². The summed E-state index contributed by atoms with van der Waals surface area (Å²) in [6.07, 6.45) is 4.28. The Labute approximate surface area is 163 Å². The molecule has 2 saturated heterocycles. The molecule has 2 amide bonds. The van der Waals surface area contributed by atoms with E-state index in [1.807, 2.05) is 30.3 Å². The molecule has 0 aromatic heterocycles. The highest BCUT2D eigenvalue weighted by atomic mass is 19.1. The van der Waals surface area contributed by atoms with Crippen LogP contribution in [0.15, 0.2) is 42.5 Å². The molecule has 2 aromatic rings. The predicted molar refractivity (Wildman–Crippen MR) is 105 cm³/mol. The molecular formula is C23H23FN2O2. The molecule has 3 aliphatic heterocycles. The monoisotopic (exact) mass is 378 g/mol. The van der Waals surface area contributed by atoms with E-state index < -0.39 is 0 Å². The number of piperidine rings is 1. The van der Waals surface area contributed by atoms with Gasteiger partial charge in [0, 0.05) is 30.4 Å². The molecular weight excluding hydrogens is 355 g/mol. The van der Waals surface area contributed by atoms with E-state index in [0.717, 1.165) is 36.9 Å². The first-order valence-corrected chi connectivity index (χ1v) is 9.99. The van der Waals surface area contributed by atoms with Gasteiger partial charge in [-0.1, -0.05) is 12.1 Å². The first kappa shape index (κ1) is 17.4. The van der Waals surface area contributed by atoms with Crippen molar-refractivity contribution in [2.45, 2.75) is 50.1 Å². The molecule has 1 unspecified atom stereocenters. The molecule has 28 heavy (non-hydrogen) atoms. The van der Waals surface area contributed by atoms with Crippen LogP contribution in [0.25, 0.3) is 0 Å². The van der Waals surface area contributed by atoms with E-state index in [1.54, 1.807) is 11.9 Å². The third-order valence-corrected chi connectivity index (χ3v) is 6.71. The van der Waals surface area contributed by atoms with Crippen LogP contribution >= 0.6 is 0 Å². The zero-order valence-corrected chi connectivity index (χ0v) is 15.9. The molecule has 3 aliphatic rings. The number of anilines is 1. The number of hydrogen-bond donors (Lipinski definition) is 0. The van der Waals surface area contributed by atoms with Crippen molar-refractivity contribution >= 4 is 17.5 Å². The van der Waals surface area contributed by atoms with E-state index in [9.17, 15) is 14.0 Å². The van der Waals surface area contributed by atoms with Crippen LogP contribution in [0.3, 0.4) is 0 Å². The summed E-state index contributed by atoms with van der Waals surface area (Å²) < 4.78 is 13.2. The van der Waals surface area contributed by atoms with Crippen molar-refractivity contribution in [1.29, 1.82) is 0 Å². The Balaban J connectivity index is 1.37. The summed E-state index contributed by atoms with van der Waals surface area (Å²) in [6, 6.07) is 12.9. The van der Waals surface area contributed by atoms with Gasteiger partial charge in [-0.05, 0) is 73.1 Å². The van der Waals surface area contributed by atoms with E-state index in [-0.39, 0.29) is 29.7 Å². The van der Waals surface area contributed by atoms with E-state index in [1.165, 1.54) is 17.7 Å². The number of likely N-dealkylation sites (N-methyl/N-ethyl adjacent to an activating group) is 1. The van der Waals surface area contributed by atoms with Gasteiger partial charge in [0.1, 0.15) is 5.82 Å². The molecule has 5 heteroatoms. The van der Waals surface area contributed by atoms with Gasteiger partial charge in [0.15, 0.2) is 0 Å². The number of fused-ring (bicyclic) bond motifs is 3. The maximum atomic E-state index is 13.3. The molecule has 2 bridgehead atoms. The predicted octanol–water partition coefficient (Wildman–Crippen LogP) is 3.90.